The van der Waals surface area contributed by atoms with Crippen molar-refractivity contribution in [1.29, 1.82) is 0 Å². The van der Waals surface area contributed by atoms with Gasteiger partial charge in [0.2, 0.25) is 0 Å². The summed E-state index contributed by atoms with van der Waals surface area (Å²) in [6, 6.07) is 0. The van der Waals surface area contributed by atoms with Gasteiger partial charge < -0.3 is 10.0 Å². The number of nitrogens with one attached hydrogen (secondary N) is 1. The summed E-state index contributed by atoms with van der Waals surface area (Å²) in [6.45, 7) is 11.1. The quantitative estimate of drug-likeness (QED) is 0.740. The van der Waals surface area contributed by atoms with Gasteiger partial charge in [0, 0.05) is 5.41 Å². The van der Waals surface area contributed by atoms with Crippen LogP contribution in [0.4, 0.5) is 0 Å². The minimum absolute atomic E-state index is 0.0423. The summed E-state index contributed by atoms with van der Waals surface area (Å²) in [5.41, 5.74) is 0.606. The first-order valence-corrected chi connectivity index (χ1v) is 12.8. The van der Waals surface area contributed by atoms with Gasteiger partial charge in [-0.25, -0.2) is 0 Å². The molecule has 0 aromatic carbocycles. The highest BCUT2D eigenvalue weighted by molar-refractivity contribution is 5.89. The Bertz CT molecular complexity index is 657. The predicted molar refractivity (Wildman–Crippen MR) is 116 cm³/mol. The Kier molecular flexibility index (Phi) is 4.98. The molecule has 8 atom stereocenters. The van der Waals surface area contributed by atoms with Crippen molar-refractivity contribution >= 4 is 5.78 Å². The lowest BCUT2D eigenvalue weighted by molar-refractivity contribution is -0.907. The molecule has 0 unspecified atom stereocenters. The van der Waals surface area contributed by atoms with Gasteiger partial charge in [0.25, 0.3) is 0 Å². The second-order valence-corrected chi connectivity index (χ2v) is 12.6. The van der Waals surface area contributed by atoms with Gasteiger partial charge in [0.15, 0.2) is 0 Å². The number of ketones is 1. The molecule has 3 nitrogen and oxygen atoms in total. The van der Waals surface area contributed by atoms with Crippen LogP contribution in [0.2, 0.25) is 0 Å². The zero-order valence-electron chi connectivity index (χ0n) is 19.1. The second-order valence-electron chi connectivity index (χ2n) is 12.6. The SMILES string of the molecule is C[C@@]12CC[C@@H]3[C@H]4C[C@H](C[NH+]5CCCCC5)C(=O)[C@]4(C)CC[C@H]3[C@]1(C)CC[C@H](O)C2. The molecule has 29 heavy (non-hydrogen) atoms. The molecule has 3 heteroatoms. The molecule has 164 valence electrons. The van der Waals surface area contributed by atoms with Crippen molar-refractivity contribution in [2.75, 3.05) is 19.6 Å². The van der Waals surface area contributed by atoms with E-state index in [1.165, 1.54) is 64.5 Å². The second kappa shape index (κ2) is 7.05. The summed E-state index contributed by atoms with van der Waals surface area (Å²) in [5.74, 6) is 3.09. The summed E-state index contributed by atoms with van der Waals surface area (Å²) in [6.07, 6.45) is 13.2. The number of hydrogen-bond acceptors (Lipinski definition) is 2. The number of aliphatic hydroxyl groups is 1. The van der Waals surface area contributed by atoms with Crippen molar-refractivity contribution in [3.8, 4) is 0 Å². The van der Waals surface area contributed by atoms with Crippen LogP contribution in [0.25, 0.3) is 0 Å². The fourth-order valence-corrected chi connectivity index (χ4v) is 9.33. The molecule has 5 fully saturated rings. The van der Waals surface area contributed by atoms with Gasteiger partial charge in [-0.1, -0.05) is 20.8 Å². The molecule has 1 heterocycles. The minimum Gasteiger partial charge on any atom is -0.393 e. The molecule has 5 aliphatic rings. The third-order valence-corrected chi connectivity index (χ3v) is 11.3. The normalized spacial score (nSPS) is 53.2. The van der Waals surface area contributed by atoms with Gasteiger partial charge >= 0.3 is 0 Å². The number of rotatable bonds is 2. The van der Waals surface area contributed by atoms with E-state index in [1.807, 2.05) is 0 Å². The van der Waals surface area contributed by atoms with Crippen molar-refractivity contribution in [3.05, 3.63) is 0 Å². The van der Waals surface area contributed by atoms with Crippen molar-refractivity contribution < 1.29 is 14.8 Å². The summed E-state index contributed by atoms with van der Waals surface area (Å²) < 4.78 is 0. The Morgan fingerprint density at radius 1 is 0.966 bits per heavy atom. The molecular weight excluding hydrogens is 358 g/mol. The first-order chi connectivity index (χ1) is 13.8. The first-order valence-electron chi connectivity index (χ1n) is 12.8. The maximum Gasteiger partial charge on any atom is 0.147 e. The molecular formula is C26H44NO2+. The van der Waals surface area contributed by atoms with E-state index in [1.54, 1.807) is 4.90 Å². The number of aliphatic hydroxyl groups excluding tert-OH is 1. The maximum atomic E-state index is 13.6. The largest absolute Gasteiger partial charge is 0.393 e. The average molecular weight is 403 g/mol. The van der Waals surface area contributed by atoms with Crippen LogP contribution in [0.15, 0.2) is 0 Å². The van der Waals surface area contributed by atoms with Crippen LogP contribution >= 0.6 is 0 Å². The molecule has 4 aliphatic carbocycles. The number of fused-ring (bicyclic) bond motifs is 5. The number of piperidine rings is 1. The van der Waals surface area contributed by atoms with Crippen LogP contribution in [0.5, 0.6) is 0 Å². The number of hydrogen-bond donors (Lipinski definition) is 2. The fourth-order valence-electron chi connectivity index (χ4n) is 9.33. The number of carbonyl (C=O) groups is 1. The van der Waals surface area contributed by atoms with E-state index in [2.05, 4.69) is 20.8 Å². The summed E-state index contributed by atoms with van der Waals surface area (Å²) >= 11 is 0. The summed E-state index contributed by atoms with van der Waals surface area (Å²) in [7, 11) is 0. The van der Waals surface area contributed by atoms with E-state index in [0.29, 0.717) is 28.4 Å². The fraction of sp³-hybridized carbons (Fsp3) is 0.962. The van der Waals surface area contributed by atoms with Crippen LogP contribution in [0.1, 0.15) is 91.4 Å². The van der Waals surface area contributed by atoms with E-state index < -0.39 is 0 Å². The Balaban J connectivity index is 1.37. The van der Waals surface area contributed by atoms with Crippen LogP contribution in [-0.2, 0) is 4.79 Å². The molecule has 1 saturated heterocycles. The van der Waals surface area contributed by atoms with Crippen LogP contribution in [0, 0.1) is 39.9 Å². The van der Waals surface area contributed by atoms with Gasteiger partial charge in [0.05, 0.1) is 31.7 Å². The molecule has 0 spiro atoms. The minimum atomic E-state index is -0.0940. The summed E-state index contributed by atoms with van der Waals surface area (Å²) in [5, 5.41) is 10.4. The number of carbonyl (C=O) groups excluding carboxylic acids is 1. The summed E-state index contributed by atoms with van der Waals surface area (Å²) in [4.78, 5) is 15.3. The molecule has 0 radical (unpaired) electrons. The highest BCUT2D eigenvalue weighted by atomic mass is 16.3. The van der Waals surface area contributed by atoms with Crippen LogP contribution in [0.3, 0.4) is 0 Å². The molecule has 0 bridgehead atoms. The number of Topliss-reactive ketones (excluding diaryl/α,β-unsaturated/α-hetero) is 1. The maximum absolute atomic E-state index is 13.6. The Labute approximate surface area is 178 Å². The monoisotopic (exact) mass is 402 g/mol. The van der Waals surface area contributed by atoms with E-state index in [0.717, 1.165) is 37.6 Å². The molecule has 2 N–H and O–H groups in total. The number of likely N-dealkylation sites (tertiary alicyclic amines) is 1. The Morgan fingerprint density at radius 3 is 2.48 bits per heavy atom. The van der Waals surface area contributed by atoms with Crippen molar-refractivity contribution in [2.45, 2.75) is 97.5 Å². The van der Waals surface area contributed by atoms with Crippen LogP contribution in [-0.4, -0.2) is 36.6 Å². The van der Waals surface area contributed by atoms with Crippen molar-refractivity contribution in [3.63, 3.8) is 0 Å². The van der Waals surface area contributed by atoms with E-state index >= 15 is 0 Å². The molecule has 5 rings (SSSR count). The predicted octanol–water partition coefficient (Wildman–Crippen LogP) is 3.64. The highest BCUT2D eigenvalue weighted by Gasteiger charge is 2.65. The van der Waals surface area contributed by atoms with E-state index in [-0.39, 0.29) is 11.5 Å². The Morgan fingerprint density at radius 2 is 1.72 bits per heavy atom. The lowest BCUT2D eigenvalue weighted by Crippen LogP contribution is -3.13. The molecule has 1 aliphatic heterocycles. The smallest absolute Gasteiger partial charge is 0.147 e. The van der Waals surface area contributed by atoms with Gasteiger partial charge in [-0.2, -0.15) is 0 Å². The molecule has 0 amide bonds. The molecule has 4 saturated carbocycles. The Hall–Kier alpha value is -0.410. The van der Waals surface area contributed by atoms with Gasteiger partial charge in [-0.3, -0.25) is 4.79 Å². The number of quaternary nitrogens is 1. The lowest BCUT2D eigenvalue weighted by Gasteiger charge is -2.64. The van der Waals surface area contributed by atoms with Crippen molar-refractivity contribution in [1.82, 2.24) is 0 Å². The molecule has 0 aromatic heterocycles. The first kappa shape index (κ1) is 20.5. The van der Waals surface area contributed by atoms with Gasteiger partial charge in [-0.15, -0.1) is 0 Å². The average Bonchev–Trinajstić information content (AvgIpc) is 2.95. The van der Waals surface area contributed by atoms with Gasteiger partial charge in [-0.05, 0) is 99.2 Å². The van der Waals surface area contributed by atoms with E-state index in [4.69, 9.17) is 0 Å². The standard InChI is InChI=1S/C26H43NO2/c1-24-10-8-20-21(26(24,3)12-7-19(28)16-24)9-11-25(2)22(20)15-18(23(25)29)17-27-13-5-4-6-14-27/h18-22,28H,4-17H2,1-3H3/p+1/t18-,19+,20+,21-,22-,24+,25-,26+/m1/s1. The van der Waals surface area contributed by atoms with Crippen molar-refractivity contribution in [2.24, 2.45) is 39.9 Å². The van der Waals surface area contributed by atoms with E-state index in [9.17, 15) is 9.90 Å². The third kappa shape index (κ3) is 3.00. The highest BCUT2D eigenvalue weighted by Crippen LogP contribution is 2.69. The third-order valence-electron chi connectivity index (χ3n) is 11.3. The zero-order valence-corrected chi connectivity index (χ0v) is 19.1. The lowest BCUT2D eigenvalue weighted by atomic mass is 9.40. The molecule has 0 aromatic rings. The zero-order chi connectivity index (χ0) is 20.4. The van der Waals surface area contributed by atoms with Gasteiger partial charge in [0.1, 0.15) is 5.78 Å². The van der Waals surface area contributed by atoms with Crippen LogP contribution < -0.4 is 4.90 Å². The topological polar surface area (TPSA) is 41.7 Å².